The molecule has 2 aliphatic rings. The molecule has 4 rings (SSSR count). The van der Waals surface area contributed by atoms with Gasteiger partial charge in [-0.15, -0.1) is 11.3 Å². The van der Waals surface area contributed by atoms with Crippen LogP contribution in [0.4, 0.5) is 5.82 Å². The molecule has 21 heavy (non-hydrogen) atoms. The number of aromatic nitrogens is 2. The lowest BCUT2D eigenvalue weighted by molar-refractivity contribution is -0.104. The van der Waals surface area contributed by atoms with Crippen LogP contribution in [0.5, 0.6) is 0 Å². The van der Waals surface area contributed by atoms with Crippen LogP contribution in [0, 0.1) is 19.8 Å². The van der Waals surface area contributed by atoms with Gasteiger partial charge in [-0.05, 0) is 32.3 Å². The van der Waals surface area contributed by atoms with Gasteiger partial charge in [0.15, 0.2) is 0 Å². The summed E-state index contributed by atoms with van der Waals surface area (Å²) in [6.07, 6.45) is 4.17. The summed E-state index contributed by atoms with van der Waals surface area (Å²) in [7, 11) is 0. The predicted molar refractivity (Wildman–Crippen MR) is 84.7 cm³/mol. The summed E-state index contributed by atoms with van der Waals surface area (Å²) in [6, 6.07) is 0.313. The molecule has 0 spiro atoms. The Labute approximate surface area is 127 Å². The summed E-state index contributed by atoms with van der Waals surface area (Å²) < 4.78 is 5.90. The van der Waals surface area contributed by atoms with Crippen LogP contribution in [-0.2, 0) is 4.74 Å². The van der Waals surface area contributed by atoms with Crippen molar-refractivity contribution in [3.8, 4) is 0 Å². The van der Waals surface area contributed by atoms with Crippen LogP contribution in [-0.4, -0.2) is 34.8 Å². The molecule has 112 valence electrons. The van der Waals surface area contributed by atoms with Crippen molar-refractivity contribution in [2.45, 2.75) is 44.9 Å². The van der Waals surface area contributed by atoms with E-state index in [1.54, 1.807) is 17.7 Å². The van der Waals surface area contributed by atoms with E-state index in [1.165, 1.54) is 16.9 Å². The number of anilines is 1. The Hall–Kier alpha value is -1.24. The zero-order chi connectivity index (χ0) is 14.6. The van der Waals surface area contributed by atoms with Crippen LogP contribution in [0.1, 0.15) is 23.3 Å². The number of nitrogens with one attached hydrogen (secondary N) is 1. The molecule has 0 radical (unpaired) electrons. The molecule has 5 nitrogen and oxygen atoms in total. The molecule has 3 heterocycles. The Bertz CT molecular complexity index is 686. The number of aryl methyl sites for hydroxylation is 2. The van der Waals surface area contributed by atoms with E-state index < -0.39 is 0 Å². The van der Waals surface area contributed by atoms with Crippen molar-refractivity contribution in [1.82, 2.24) is 9.97 Å². The van der Waals surface area contributed by atoms with Crippen molar-refractivity contribution in [3.05, 3.63) is 16.8 Å². The van der Waals surface area contributed by atoms with E-state index in [2.05, 4.69) is 29.1 Å². The van der Waals surface area contributed by atoms with Gasteiger partial charge in [-0.3, -0.25) is 0 Å². The van der Waals surface area contributed by atoms with E-state index >= 15 is 0 Å². The highest BCUT2D eigenvalue weighted by Gasteiger charge is 2.50. The molecule has 0 amide bonds. The number of nitrogens with zero attached hydrogens (tertiary/aromatic N) is 2. The minimum Gasteiger partial charge on any atom is -0.376 e. The third-order valence-electron chi connectivity index (χ3n) is 4.95. The van der Waals surface area contributed by atoms with Crippen molar-refractivity contribution in [2.24, 2.45) is 11.7 Å². The largest absolute Gasteiger partial charge is 0.376 e. The fraction of sp³-hybridized carbons (Fsp3) is 0.600. The summed E-state index contributed by atoms with van der Waals surface area (Å²) in [5.74, 6) is 1.40. The molecule has 4 atom stereocenters. The number of hydrogen-bond donors (Lipinski definition) is 2. The third kappa shape index (κ3) is 1.97. The average Bonchev–Trinajstić information content (AvgIpc) is 2.80. The molecular weight excluding hydrogens is 284 g/mol. The highest BCUT2D eigenvalue weighted by molar-refractivity contribution is 7.18. The Balaban J connectivity index is 1.66. The van der Waals surface area contributed by atoms with Gasteiger partial charge in [-0.1, -0.05) is 0 Å². The van der Waals surface area contributed by atoms with Crippen LogP contribution >= 0.6 is 11.3 Å². The van der Waals surface area contributed by atoms with E-state index in [9.17, 15) is 0 Å². The quantitative estimate of drug-likeness (QED) is 0.890. The normalized spacial score (nSPS) is 31.8. The number of thiophene rings is 1. The molecule has 0 aromatic carbocycles. The Kier molecular flexibility index (Phi) is 3.13. The fourth-order valence-electron chi connectivity index (χ4n) is 3.58. The lowest BCUT2D eigenvalue weighted by Gasteiger charge is -2.52. The molecule has 1 aliphatic heterocycles. The maximum atomic E-state index is 6.33. The zero-order valence-electron chi connectivity index (χ0n) is 12.3. The second kappa shape index (κ2) is 4.90. The molecular formula is C15H20N4OS. The van der Waals surface area contributed by atoms with Crippen LogP contribution in [0.3, 0.4) is 0 Å². The molecule has 1 saturated heterocycles. The summed E-state index contributed by atoms with van der Waals surface area (Å²) >= 11 is 1.72. The van der Waals surface area contributed by atoms with Gasteiger partial charge in [0.1, 0.15) is 17.0 Å². The van der Waals surface area contributed by atoms with Crippen LogP contribution in [0.15, 0.2) is 6.33 Å². The topological polar surface area (TPSA) is 73.1 Å². The molecule has 1 saturated carbocycles. The average molecular weight is 304 g/mol. The highest BCUT2D eigenvalue weighted by atomic mass is 32.1. The second-order valence-electron chi connectivity index (χ2n) is 6.07. The molecule has 2 aromatic heterocycles. The first-order valence-electron chi connectivity index (χ1n) is 7.51. The minimum absolute atomic E-state index is 0.153. The molecule has 0 bridgehead atoms. The number of ether oxygens (including phenoxy) is 1. The van der Waals surface area contributed by atoms with Crippen LogP contribution in [0.25, 0.3) is 10.2 Å². The smallest absolute Gasteiger partial charge is 0.138 e. The van der Waals surface area contributed by atoms with E-state index in [0.717, 1.165) is 29.1 Å². The fourth-order valence-corrected chi connectivity index (χ4v) is 4.57. The minimum atomic E-state index is 0.153. The molecule has 4 unspecified atom stereocenters. The van der Waals surface area contributed by atoms with Crippen LogP contribution in [0.2, 0.25) is 0 Å². The number of rotatable bonds is 2. The van der Waals surface area contributed by atoms with E-state index in [-0.39, 0.29) is 18.2 Å². The monoisotopic (exact) mass is 304 g/mol. The van der Waals surface area contributed by atoms with Crippen LogP contribution < -0.4 is 11.1 Å². The third-order valence-corrected chi connectivity index (χ3v) is 6.06. The SMILES string of the molecule is Cc1sc2ncnc(NC3C(N)C4CCCOC43)c2c1C. The van der Waals surface area contributed by atoms with Gasteiger partial charge in [0, 0.05) is 23.4 Å². The van der Waals surface area contributed by atoms with Gasteiger partial charge in [0.2, 0.25) is 0 Å². The number of nitrogens with two attached hydrogens (primary N) is 1. The summed E-state index contributed by atoms with van der Waals surface area (Å²) in [4.78, 5) is 11.2. The van der Waals surface area contributed by atoms with Gasteiger partial charge in [-0.2, -0.15) is 0 Å². The Morgan fingerprint density at radius 2 is 2.24 bits per heavy atom. The Morgan fingerprint density at radius 1 is 1.38 bits per heavy atom. The van der Waals surface area contributed by atoms with Gasteiger partial charge >= 0.3 is 0 Å². The first-order valence-corrected chi connectivity index (χ1v) is 8.33. The predicted octanol–water partition coefficient (Wildman–Crippen LogP) is 2.22. The standard InChI is InChI=1S/C15H20N4OS/c1-7-8(2)21-15-10(7)14(17-6-18-15)19-12-11(16)9-4-3-5-20-13(9)12/h6,9,11-13H,3-5,16H2,1-2H3,(H,17,18,19). The van der Waals surface area contributed by atoms with Gasteiger partial charge in [0.05, 0.1) is 17.5 Å². The van der Waals surface area contributed by atoms with Gasteiger partial charge in [-0.25, -0.2) is 9.97 Å². The van der Waals surface area contributed by atoms with Crippen molar-refractivity contribution in [3.63, 3.8) is 0 Å². The van der Waals surface area contributed by atoms with Crippen molar-refractivity contribution in [1.29, 1.82) is 0 Å². The second-order valence-corrected chi connectivity index (χ2v) is 7.28. The molecule has 6 heteroatoms. The summed E-state index contributed by atoms with van der Waals surface area (Å²) in [5, 5.41) is 4.66. The van der Waals surface area contributed by atoms with Crippen molar-refractivity contribution in [2.75, 3.05) is 11.9 Å². The number of hydrogen-bond acceptors (Lipinski definition) is 6. The van der Waals surface area contributed by atoms with E-state index in [0.29, 0.717) is 5.92 Å². The van der Waals surface area contributed by atoms with E-state index in [1.807, 2.05) is 0 Å². The molecule has 3 N–H and O–H groups in total. The first-order chi connectivity index (χ1) is 10.2. The summed E-state index contributed by atoms with van der Waals surface area (Å²) in [5.41, 5.74) is 7.59. The lowest BCUT2D eigenvalue weighted by atomic mass is 9.68. The molecule has 2 fully saturated rings. The highest BCUT2D eigenvalue weighted by Crippen LogP contribution is 2.40. The maximum absolute atomic E-state index is 6.33. The van der Waals surface area contributed by atoms with Crippen molar-refractivity contribution < 1.29 is 4.74 Å². The number of fused-ring (bicyclic) bond motifs is 2. The summed E-state index contributed by atoms with van der Waals surface area (Å²) in [6.45, 7) is 5.10. The zero-order valence-corrected chi connectivity index (χ0v) is 13.1. The van der Waals surface area contributed by atoms with E-state index in [4.69, 9.17) is 10.5 Å². The first kappa shape index (κ1) is 13.4. The molecule has 1 aliphatic carbocycles. The molecule has 2 aromatic rings. The van der Waals surface area contributed by atoms with Gasteiger partial charge in [0.25, 0.3) is 0 Å². The lowest BCUT2D eigenvalue weighted by Crippen LogP contribution is -2.69. The maximum Gasteiger partial charge on any atom is 0.138 e. The van der Waals surface area contributed by atoms with Gasteiger partial charge < -0.3 is 15.8 Å². The Morgan fingerprint density at radius 3 is 3.10 bits per heavy atom. The van der Waals surface area contributed by atoms with Crippen molar-refractivity contribution >= 4 is 27.4 Å².